The summed E-state index contributed by atoms with van der Waals surface area (Å²) in [5, 5.41) is 9.65. The van der Waals surface area contributed by atoms with Crippen molar-refractivity contribution in [3.8, 4) is 11.5 Å². The van der Waals surface area contributed by atoms with E-state index in [1.165, 1.54) is 7.11 Å². The Kier molecular flexibility index (Phi) is 3.17. The molecular formula is C13H16O5. The van der Waals surface area contributed by atoms with Gasteiger partial charge in [-0.15, -0.1) is 0 Å². The molecule has 0 amide bonds. The molecule has 0 spiro atoms. The first-order valence-electron chi connectivity index (χ1n) is 5.65. The van der Waals surface area contributed by atoms with E-state index in [1.807, 2.05) is 0 Å². The molecule has 2 atom stereocenters. The number of methoxy groups -OCH3 is 2. The Bertz CT molecular complexity index is 493. The zero-order chi connectivity index (χ0) is 13.4. The molecule has 5 nitrogen and oxygen atoms in total. The van der Waals surface area contributed by atoms with Crippen molar-refractivity contribution in [2.24, 2.45) is 0 Å². The number of benzene rings is 1. The SMILES string of the molecule is COc1cc2c(c(OC)c1C)C(=O)O[C@@H]2[C@H](C)O. The standard InChI is InChI=1S/C13H16O5/c1-6-9(16-3)5-8-10(11(6)17-4)13(15)18-12(8)7(2)14/h5,7,12,14H,1-4H3/t7-,12+/m0/s1. The van der Waals surface area contributed by atoms with Crippen molar-refractivity contribution < 1.29 is 24.1 Å². The molecule has 1 heterocycles. The Labute approximate surface area is 105 Å². The summed E-state index contributed by atoms with van der Waals surface area (Å²) in [5.74, 6) is 0.575. The second-order valence-corrected chi connectivity index (χ2v) is 4.27. The van der Waals surface area contributed by atoms with Crippen LogP contribution in [0.1, 0.15) is 34.5 Å². The van der Waals surface area contributed by atoms with Gasteiger partial charge in [-0.05, 0) is 19.9 Å². The number of hydrogen-bond acceptors (Lipinski definition) is 5. The summed E-state index contributed by atoms with van der Waals surface area (Å²) in [6.45, 7) is 3.38. The minimum Gasteiger partial charge on any atom is -0.496 e. The van der Waals surface area contributed by atoms with Crippen LogP contribution in [0.25, 0.3) is 0 Å². The molecule has 1 aliphatic heterocycles. The highest BCUT2D eigenvalue weighted by Gasteiger charge is 2.38. The summed E-state index contributed by atoms with van der Waals surface area (Å²) < 4.78 is 15.7. The number of carbonyl (C=O) groups is 1. The first-order valence-corrected chi connectivity index (χ1v) is 5.65. The van der Waals surface area contributed by atoms with Gasteiger partial charge in [-0.3, -0.25) is 0 Å². The summed E-state index contributed by atoms with van der Waals surface area (Å²) in [5.41, 5.74) is 1.72. The van der Waals surface area contributed by atoms with Gasteiger partial charge in [0.05, 0.1) is 20.3 Å². The van der Waals surface area contributed by atoms with Crippen molar-refractivity contribution in [1.29, 1.82) is 0 Å². The molecule has 1 aromatic rings. The molecular weight excluding hydrogens is 236 g/mol. The molecule has 0 fully saturated rings. The van der Waals surface area contributed by atoms with Gasteiger partial charge in [-0.1, -0.05) is 0 Å². The fourth-order valence-electron chi connectivity index (χ4n) is 2.25. The van der Waals surface area contributed by atoms with Crippen LogP contribution in [0.2, 0.25) is 0 Å². The van der Waals surface area contributed by atoms with Crippen LogP contribution in [-0.4, -0.2) is 31.4 Å². The van der Waals surface area contributed by atoms with Crippen LogP contribution in [0.15, 0.2) is 6.07 Å². The number of esters is 1. The number of cyclic esters (lactones) is 1. The van der Waals surface area contributed by atoms with Crippen LogP contribution in [0, 0.1) is 6.92 Å². The molecule has 0 aliphatic carbocycles. The summed E-state index contributed by atoms with van der Waals surface area (Å²) in [6, 6.07) is 1.72. The number of aliphatic hydroxyl groups excluding tert-OH is 1. The van der Waals surface area contributed by atoms with Crippen molar-refractivity contribution >= 4 is 5.97 Å². The Morgan fingerprint density at radius 2 is 2.06 bits per heavy atom. The first-order chi connectivity index (χ1) is 8.51. The van der Waals surface area contributed by atoms with Gasteiger partial charge in [0.15, 0.2) is 6.10 Å². The second kappa shape index (κ2) is 4.49. The average molecular weight is 252 g/mol. The quantitative estimate of drug-likeness (QED) is 0.828. The fourth-order valence-corrected chi connectivity index (χ4v) is 2.25. The van der Waals surface area contributed by atoms with E-state index in [1.54, 1.807) is 27.0 Å². The highest BCUT2D eigenvalue weighted by molar-refractivity contribution is 5.98. The van der Waals surface area contributed by atoms with Gasteiger partial charge < -0.3 is 19.3 Å². The Morgan fingerprint density at radius 3 is 2.56 bits per heavy atom. The molecule has 18 heavy (non-hydrogen) atoms. The number of rotatable bonds is 3. The van der Waals surface area contributed by atoms with Gasteiger partial charge in [0, 0.05) is 11.1 Å². The third-order valence-corrected chi connectivity index (χ3v) is 3.12. The maximum atomic E-state index is 11.9. The summed E-state index contributed by atoms with van der Waals surface area (Å²) in [4.78, 5) is 11.9. The molecule has 98 valence electrons. The summed E-state index contributed by atoms with van der Waals surface area (Å²) in [6.07, 6.45) is -1.46. The highest BCUT2D eigenvalue weighted by Crippen LogP contribution is 2.43. The van der Waals surface area contributed by atoms with Gasteiger partial charge >= 0.3 is 5.97 Å². The molecule has 1 aliphatic rings. The molecule has 0 bridgehead atoms. The number of aliphatic hydroxyl groups is 1. The van der Waals surface area contributed by atoms with E-state index in [2.05, 4.69) is 0 Å². The molecule has 1 N–H and O–H groups in total. The van der Waals surface area contributed by atoms with Crippen molar-refractivity contribution in [3.63, 3.8) is 0 Å². The second-order valence-electron chi connectivity index (χ2n) is 4.27. The van der Waals surface area contributed by atoms with Crippen LogP contribution in [0.4, 0.5) is 0 Å². The largest absolute Gasteiger partial charge is 0.496 e. The highest BCUT2D eigenvalue weighted by atomic mass is 16.6. The van der Waals surface area contributed by atoms with Crippen LogP contribution in [-0.2, 0) is 4.74 Å². The number of fused-ring (bicyclic) bond motifs is 1. The third kappa shape index (κ3) is 1.71. The Morgan fingerprint density at radius 1 is 1.39 bits per heavy atom. The van der Waals surface area contributed by atoms with Gasteiger partial charge in [-0.25, -0.2) is 4.79 Å². The molecule has 0 unspecified atom stereocenters. The zero-order valence-electron chi connectivity index (χ0n) is 10.8. The normalized spacial score (nSPS) is 19.2. The molecule has 0 saturated heterocycles. The van der Waals surface area contributed by atoms with Crippen molar-refractivity contribution in [3.05, 3.63) is 22.8 Å². The van der Waals surface area contributed by atoms with Gasteiger partial charge in [0.1, 0.15) is 17.1 Å². The predicted molar refractivity (Wildman–Crippen MR) is 64.1 cm³/mol. The van der Waals surface area contributed by atoms with Crippen LogP contribution >= 0.6 is 0 Å². The van der Waals surface area contributed by atoms with E-state index in [4.69, 9.17) is 14.2 Å². The Hall–Kier alpha value is -1.75. The van der Waals surface area contributed by atoms with E-state index in [9.17, 15) is 9.90 Å². The number of hydrogen-bond donors (Lipinski definition) is 1. The van der Waals surface area contributed by atoms with Gasteiger partial charge in [0.2, 0.25) is 0 Å². The molecule has 0 radical (unpaired) electrons. The minimum atomic E-state index is -0.785. The van der Waals surface area contributed by atoms with Crippen LogP contribution in [0.5, 0.6) is 11.5 Å². The average Bonchev–Trinajstić information content (AvgIpc) is 2.66. The fraction of sp³-hybridized carbons (Fsp3) is 0.462. The smallest absolute Gasteiger partial charge is 0.343 e. The van der Waals surface area contributed by atoms with E-state index in [-0.39, 0.29) is 0 Å². The molecule has 0 saturated carbocycles. The maximum absolute atomic E-state index is 11.9. The lowest BCUT2D eigenvalue weighted by atomic mass is 9.98. The zero-order valence-corrected chi connectivity index (χ0v) is 10.8. The lowest BCUT2D eigenvalue weighted by molar-refractivity contribution is -0.00282. The predicted octanol–water partition coefficient (Wildman–Crippen LogP) is 1.60. The van der Waals surface area contributed by atoms with Crippen molar-refractivity contribution in [2.75, 3.05) is 14.2 Å². The monoisotopic (exact) mass is 252 g/mol. The van der Waals surface area contributed by atoms with E-state index in [0.717, 1.165) is 5.56 Å². The number of carbonyl (C=O) groups excluding carboxylic acids is 1. The molecule has 0 aromatic heterocycles. The van der Waals surface area contributed by atoms with E-state index < -0.39 is 18.2 Å². The van der Waals surface area contributed by atoms with Gasteiger partial charge in [0.25, 0.3) is 0 Å². The lowest BCUT2D eigenvalue weighted by Crippen LogP contribution is -2.14. The Balaban J connectivity index is 2.68. The minimum absolute atomic E-state index is 0.377. The van der Waals surface area contributed by atoms with Gasteiger partial charge in [-0.2, -0.15) is 0 Å². The lowest BCUT2D eigenvalue weighted by Gasteiger charge is -2.16. The van der Waals surface area contributed by atoms with E-state index in [0.29, 0.717) is 22.6 Å². The maximum Gasteiger partial charge on any atom is 0.343 e. The van der Waals surface area contributed by atoms with Crippen molar-refractivity contribution in [2.45, 2.75) is 26.1 Å². The molecule has 1 aromatic carbocycles. The van der Waals surface area contributed by atoms with Crippen LogP contribution in [0.3, 0.4) is 0 Å². The summed E-state index contributed by atoms with van der Waals surface area (Å²) in [7, 11) is 3.04. The van der Waals surface area contributed by atoms with Crippen molar-refractivity contribution in [1.82, 2.24) is 0 Å². The topological polar surface area (TPSA) is 65.0 Å². The third-order valence-electron chi connectivity index (χ3n) is 3.12. The first kappa shape index (κ1) is 12.7. The summed E-state index contributed by atoms with van der Waals surface area (Å²) >= 11 is 0. The number of ether oxygens (including phenoxy) is 3. The van der Waals surface area contributed by atoms with E-state index >= 15 is 0 Å². The van der Waals surface area contributed by atoms with Crippen LogP contribution < -0.4 is 9.47 Å². The molecule has 5 heteroatoms. The molecule has 2 rings (SSSR count).